The van der Waals surface area contributed by atoms with Crippen molar-refractivity contribution in [3.8, 4) is 0 Å². The van der Waals surface area contributed by atoms with E-state index in [2.05, 4.69) is 28.6 Å². The Balaban J connectivity index is 1.71. The fourth-order valence-electron chi connectivity index (χ4n) is 2.92. The van der Waals surface area contributed by atoms with Gasteiger partial charge in [0.05, 0.1) is 11.5 Å². The van der Waals surface area contributed by atoms with E-state index in [4.69, 9.17) is 11.6 Å². The standard InChI is InChI=1S/C16H16ClN3O3S/c1-10-12-5-7-24-15(12)4-6-19(10)9-16(21)18-13-8-11(17)2-3-14(13)20(22)23/h2-3,5,7-8,10H,4,6,9H2,1H3,(H,18,21)/t10-/m0/s1. The predicted octanol–water partition coefficient (Wildman–Crippen LogP) is 3.87. The Morgan fingerprint density at radius 2 is 2.29 bits per heavy atom. The number of thiophene rings is 1. The first-order valence-corrected chi connectivity index (χ1v) is 8.75. The number of nitro benzene ring substituents is 1. The molecule has 1 amide bonds. The van der Waals surface area contributed by atoms with Gasteiger partial charge in [-0.15, -0.1) is 11.3 Å². The minimum absolute atomic E-state index is 0.124. The van der Waals surface area contributed by atoms with Crippen molar-refractivity contribution in [3.63, 3.8) is 0 Å². The average Bonchev–Trinajstić information content (AvgIpc) is 2.99. The van der Waals surface area contributed by atoms with Crippen molar-refractivity contribution in [2.45, 2.75) is 19.4 Å². The molecule has 0 bridgehead atoms. The Kier molecular flexibility index (Phi) is 4.84. The van der Waals surface area contributed by atoms with E-state index in [-0.39, 0.29) is 29.9 Å². The summed E-state index contributed by atoms with van der Waals surface area (Å²) in [6.07, 6.45) is 0.919. The van der Waals surface area contributed by atoms with E-state index in [1.807, 2.05) is 0 Å². The van der Waals surface area contributed by atoms with Crippen LogP contribution in [0.15, 0.2) is 29.6 Å². The highest BCUT2D eigenvalue weighted by Crippen LogP contribution is 2.33. The lowest BCUT2D eigenvalue weighted by molar-refractivity contribution is -0.383. The van der Waals surface area contributed by atoms with Crippen molar-refractivity contribution >= 4 is 40.2 Å². The van der Waals surface area contributed by atoms with Crippen LogP contribution in [0, 0.1) is 10.1 Å². The molecule has 0 unspecified atom stereocenters. The van der Waals surface area contributed by atoms with Crippen molar-refractivity contribution in [1.82, 2.24) is 4.90 Å². The first-order chi connectivity index (χ1) is 11.5. The molecule has 1 atom stereocenters. The van der Waals surface area contributed by atoms with Crippen LogP contribution >= 0.6 is 22.9 Å². The third-order valence-electron chi connectivity index (χ3n) is 4.18. The molecule has 2 heterocycles. The van der Waals surface area contributed by atoms with Crippen LogP contribution < -0.4 is 5.32 Å². The summed E-state index contributed by atoms with van der Waals surface area (Å²) in [5.41, 5.74) is 1.21. The molecule has 126 valence electrons. The predicted molar refractivity (Wildman–Crippen MR) is 94.7 cm³/mol. The van der Waals surface area contributed by atoms with Crippen LogP contribution in [0.4, 0.5) is 11.4 Å². The van der Waals surface area contributed by atoms with Gasteiger partial charge >= 0.3 is 0 Å². The summed E-state index contributed by atoms with van der Waals surface area (Å²) < 4.78 is 0. The summed E-state index contributed by atoms with van der Waals surface area (Å²) in [7, 11) is 0. The summed E-state index contributed by atoms with van der Waals surface area (Å²) in [5.74, 6) is -0.286. The van der Waals surface area contributed by atoms with E-state index < -0.39 is 4.92 Å². The van der Waals surface area contributed by atoms with E-state index in [0.717, 1.165) is 13.0 Å². The zero-order valence-corrected chi connectivity index (χ0v) is 14.6. The fraction of sp³-hybridized carbons (Fsp3) is 0.312. The molecule has 0 fully saturated rings. The largest absolute Gasteiger partial charge is 0.319 e. The molecule has 0 saturated carbocycles. The van der Waals surface area contributed by atoms with Crippen LogP contribution in [0.3, 0.4) is 0 Å². The molecule has 0 radical (unpaired) electrons. The Morgan fingerprint density at radius 3 is 3.04 bits per heavy atom. The average molecular weight is 366 g/mol. The molecule has 1 aromatic heterocycles. The molecule has 1 N–H and O–H groups in total. The molecule has 0 spiro atoms. The van der Waals surface area contributed by atoms with Crippen molar-refractivity contribution in [3.05, 3.63) is 55.2 Å². The van der Waals surface area contributed by atoms with Gasteiger partial charge in [0.25, 0.3) is 5.69 Å². The van der Waals surface area contributed by atoms with Crippen LogP contribution in [-0.2, 0) is 11.2 Å². The van der Waals surface area contributed by atoms with E-state index in [1.54, 1.807) is 11.3 Å². The number of benzene rings is 1. The highest BCUT2D eigenvalue weighted by Gasteiger charge is 2.26. The van der Waals surface area contributed by atoms with Crippen molar-refractivity contribution < 1.29 is 9.72 Å². The summed E-state index contributed by atoms with van der Waals surface area (Å²) in [4.78, 5) is 26.3. The number of carbonyl (C=O) groups is 1. The van der Waals surface area contributed by atoms with Gasteiger partial charge in [0, 0.05) is 28.6 Å². The van der Waals surface area contributed by atoms with Crippen LogP contribution in [0.5, 0.6) is 0 Å². The monoisotopic (exact) mass is 365 g/mol. The van der Waals surface area contributed by atoms with Crippen LogP contribution in [0.1, 0.15) is 23.4 Å². The molecule has 6 nitrogen and oxygen atoms in total. The molecule has 3 rings (SSSR count). The zero-order valence-electron chi connectivity index (χ0n) is 13.0. The second-order valence-corrected chi connectivity index (χ2v) is 7.10. The summed E-state index contributed by atoms with van der Waals surface area (Å²) in [6, 6.07) is 6.37. The zero-order chi connectivity index (χ0) is 17.3. The number of halogens is 1. The van der Waals surface area contributed by atoms with E-state index >= 15 is 0 Å². The highest BCUT2D eigenvalue weighted by atomic mass is 35.5. The van der Waals surface area contributed by atoms with E-state index in [1.165, 1.54) is 28.6 Å². The number of rotatable bonds is 4. The molecule has 24 heavy (non-hydrogen) atoms. The van der Waals surface area contributed by atoms with Gasteiger partial charge in [0.1, 0.15) is 5.69 Å². The second kappa shape index (κ2) is 6.88. The van der Waals surface area contributed by atoms with Crippen molar-refractivity contribution in [2.75, 3.05) is 18.4 Å². The van der Waals surface area contributed by atoms with Crippen LogP contribution in [-0.4, -0.2) is 28.8 Å². The van der Waals surface area contributed by atoms with Crippen LogP contribution in [0.25, 0.3) is 0 Å². The van der Waals surface area contributed by atoms with Gasteiger partial charge in [-0.25, -0.2) is 0 Å². The number of hydrogen-bond acceptors (Lipinski definition) is 5. The van der Waals surface area contributed by atoms with Crippen molar-refractivity contribution in [2.24, 2.45) is 0 Å². The molecule has 1 aromatic carbocycles. The molecule has 0 aliphatic carbocycles. The van der Waals surface area contributed by atoms with Gasteiger partial charge in [0.15, 0.2) is 0 Å². The van der Waals surface area contributed by atoms with E-state index in [9.17, 15) is 14.9 Å². The van der Waals surface area contributed by atoms with Gasteiger partial charge in [0.2, 0.25) is 5.91 Å². The molecule has 1 aliphatic rings. The molecule has 2 aromatic rings. The maximum absolute atomic E-state index is 12.3. The van der Waals surface area contributed by atoms with E-state index in [0.29, 0.717) is 5.02 Å². The summed E-state index contributed by atoms with van der Waals surface area (Å²) >= 11 is 7.62. The molecule has 8 heteroatoms. The van der Waals surface area contributed by atoms with Gasteiger partial charge in [-0.05, 0) is 42.5 Å². The summed E-state index contributed by atoms with van der Waals surface area (Å²) in [6.45, 7) is 3.04. The molecular weight excluding hydrogens is 350 g/mol. The highest BCUT2D eigenvalue weighted by molar-refractivity contribution is 7.10. The molecule has 1 aliphatic heterocycles. The van der Waals surface area contributed by atoms with Gasteiger partial charge in [-0.3, -0.25) is 19.8 Å². The summed E-state index contributed by atoms with van der Waals surface area (Å²) in [5, 5.41) is 16.1. The van der Waals surface area contributed by atoms with Gasteiger partial charge in [-0.2, -0.15) is 0 Å². The Hall–Kier alpha value is -1.96. The Bertz CT molecular complexity index is 793. The molecular formula is C16H16ClN3O3S. The fourth-order valence-corrected chi connectivity index (χ4v) is 4.05. The topological polar surface area (TPSA) is 75.5 Å². The lowest BCUT2D eigenvalue weighted by Gasteiger charge is -2.32. The normalized spacial score (nSPS) is 17.3. The number of anilines is 1. The minimum Gasteiger partial charge on any atom is -0.319 e. The molecule has 0 saturated heterocycles. The van der Waals surface area contributed by atoms with Crippen molar-refractivity contribution in [1.29, 1.82) is 0 Å². The number of fused-ring (bicyclic) bond motifs is 1. The number of nitrogens with one attached hydrogen (secondary N) is 1. The minimum atomic E-state index is -0.535. The number of hydrogen-bond donors (Lipinski definition) is 1. The second-order valence-electron chi connectivity index (χ2n) is 5.66. The first-order valence-electron chi connectivity index (χ1n) is 7.50. The quantitative estimate of drug-likeness (QED) is 0.659. The third-order valence-corrected chi connectivity index (χ3v) is 5.41. The maximum atomic E-state index is 12.3. The number of amides is 1. The SMILES string of the molecule is C[C@H]1c2ccsc2CCN1CC(=O)Nc1cc(Cl)ccc1[N+](=O)[O-]. The number of nitrogens with zero attached hydrogens (tertiary/aromatic N) is 2. The van der Waals surface area contributed by atoms with Crippen LogP contribution in [0.2, 0.25) is 5.02 Å². The lowest BCUT2D eigenvalue weighted by atomic mass is 10.0. The maximum Gasteiger partial charge on any atom is 0.292 e. The third kappa shape index (κ3) is 3.43. The lowest BCUT2D eigenvalue weighted by Crippen LogP contribution is -2.39. The number of carbonyl (C=O) groups excluding carboxylic acids is 1. The Labute approximate surface area is 148 Å². The Morgan fingerprint density at radius 1 is 1.50 bits per heavy atom. The first kappa shape index (κ1) is 16.9. The van der Waals surface area contributed by atoms with Gasteiger partial charge in [-0.1, -0.05) is 11.6 Å². The van der Waals surface area contributed by atoms with Gasteiger partial charge < -0.3 is 5.32 Å². The smallest absolute Gasteiger partial charge is 0.292 e. The number of nitro groups is 1.